The lowest BCUT2D eigenvalue weighted by molar-refractivity contribution is 0.597. The van der Waals surface area contributed by atoms with Crippen molar-refractivity contribution in [1.82, 2.24) is 0 Å². The molecule has 1 nitrogen and oxygen atoms in total. The summed E-state index contributed by atoms with van der Waals surface area (Å²) in [6.45, 7) is 8.57. The molecule has 0 saturated carbocycles. The molecule has 0 amide bonds. The van der Waals surface area contributed by atoms with Crippen LogP contribution in [0.25, 0.3) is 0 Å². The van der Waals surface area contributed by atoms with Crippen molar-refractivity contribution in [3.05, 3.63) is 70.3 Å². The first-order valence-corrected chi connectivity index (χ1v) is 7.41. The number of benzene rings is 2. The molecule has 0 bridgehead atoms. The van der Waals surface area contributed by atoms with Crippen LogP contribution in [0.2, 0.25) is 0 Å². The largest absolute Gasteiger partial charge is 0.318 e. The molecule has 0 spiro atoms. The Kier molecular flexibility index (Phi) is 4.29. The van der Waals surface area contributed by atoms with Crippen LogP contribution in [0.15, 0.2) is 42.5 Å². The van der Waals surface area contributed by atoms with Crippen molar-refractivity contribution in [1.29, 1.82) is 0 Å². The molecule has 0 saturated heterocycles. The summed E-state index contributed by atoms with van der Waals surface area (Å²) in [5.74, 6) is 0. The minimum atomic E-state index is -0.445. The zero-order valence-electron chi connectivity index (χ0n) is 13.0. The van der Waals surface area contributed by atoms with Crippen LogP contribution in [0.3, 0.4) is 0 Å². The van der Waals surface area contributed by atoms with Crippen LogP contribution in [0.1, 0.15) is 48.1 Å². The van der Waals surface area contributed by atoms with Gasteiger partial charge in [0.1, 0.15) is 0 Å². The minimum absolute atomic E-state index is 0.445. The summed E-state index contributed by atoms with van der Waals surface area (Å²) in [6.07, 6.45) is 2.27. The van der Waals surface area contributed by atoms with Crippen LogP contribution in [0, 0.1) is 13.8 Å². The quantitative estimate of drug-likeness (QED) is 0.868. The molecule has 0 aliphatic carbocycles. The first kappa shape index (κ1) is 14.8. The second-order valence-electron chi connectivity index (χ2n) is 5.97. The van der Waals surface area contributed by atoms with Gasteiger partial charge in [0.15, 0.2) is 0 Å². The second-order valence-corrected chi connectivity index (χ2v) is 5.97. The summed E-state index contributed by atoms with van der Waals surface area (Å²) in [5.41, 5.74) is 12.5. The van der Waals surface area contributed by atoms with E-state index in [1.165, 1.54) is 27.8 Å². The molecule has 20 heavy (non-hydrogen) atoms. The van der Waals surface area contributed by atoms with Gasteiger partial charge in [-0.3, -0.25) is 0 Å². The average Bonchev–Trinajstić information content (AvgIpc) is 2.42. The minimum Gasteiger partial charge on any atom is -0.318 e. The van der Waals surface area contributed by atoms with Crippen LogP contribution >= 0.6 is 0 Å². The molecule has 2 aromatic carbocycles. The molecule has 106 valence electrons. The van der Waals surface area contributed by atoms with E-state index in [0.717, 1.165) is 12.8 Å². The standard InChI is InChI=1S/C19H25N/c1-5-7-16-8-6-9-17(13-16)19(4,20)18-12-14(2)10-11-15(18)3/h6,8-13H,5,7,20H2,1-4H3. The number of nitrogens with two attached hydrogens (primary N) is 1. The Morgan fingerprint density at radius 1 is 1.05 bits per heavy atom. The summed E-state index contributed by atoms with van der Waals surface area (Å²) < 4.78 is 0. The first-order valence-electron chi connectivity index (χ1n) is 7.41. The van der Waals surface area contributed by atoms with E-state index in [1.54, 1.807) is 0 Å². The zero-order chi connectivity index (χ0) is 14.8. The van der Waals surface area contributed by atoms with E-state index in [-0.39, 0.29) is 0 Å². The van der Waals surface area contributed by atoms with Crippen molar-refractivity contribution >= 4 is 0 Å². The van der Waals surface area contributed by atoms with Crippen LogP contribution < -0.4 is 5.73 Å². The van der Waals surface area contributed by atoms with E-state index in [2.05, 4.69) is 70.2 Å². The molecule has 2 aromatic rings. The van der Waals surface area contributed by atoms with Gasteiger partial charge in [-0.2, -0.15) is 0 Å². The van der Waals surface area contributed by atoms with Gasteiger partial charge < -0.3 is 5.73 Å². The van der Waals surface area contributed by atoms with E-state index in [1.807, 2.05) is 0 Å². The van der Waals surface area contributed by atoms with Gasteiger partial charge in [0.25, 0.3) is 0 Å². The van der Waals surface area contributed by atoms with Gasteiger partial charge in [-0.1, -0.05) is 61.4 Å². The molecule has 0 aliphatic rings. The Hall–Kier alpha value is -1.60. The highest BCUT2D eigenvalue weighted by atomic mass is 14.7. The lowest BCUT2D eigenvalue weighted by Gasteiger charge is -2.28. The predicted octanol–water partition coefficient (Wildman–Crippen LogP) is 4.48. The van der Waals surface area contributed by atoms with Gasteiger partial charge in [0, 0.05) is 0 Å². The van der Waals surface area contributed by atoms with Crippen molar-refractivity contribution in [3.63, 3.8) is 0 Å². The van der Waals surface area contributed by atoms with Gasteiger partial charge in [-0.05, 0) is 49.4 Å². The van der Waals surface area contributed by atoms with Crippen molar-refractivity contribution < 1.29 is 0 Å². The summed E-state index contributed by atoms with van der Waals surface area (Å²) in [5, 5.41) is 0. The fourth-order valence-electron chi connectivity index (χ4n) is 2.79. The summed E-state index contributed by atoms with van der Waals surface area (Å²) >= 11 is 0. The Balaban J connectivity index is 2.48. The number of rotatable bonds is 4. The maximum Gasteiger partial charge on any atom is 0.0639 e. The third-order valence-corrected chi connectivity index (χ3v) is 4.02. The van der Waals surface area contributed by atoms with Crippen LogP contribution in [0.5, 0.6) is 0 Å². The van der Waals surface area contributed by atoms with Crippen molar-refractivity contribution in [2.75, 3.05) is 0 Å². The average molecular weight is 267 g/mol. The highest BCUT2D eigenvalue weighted by molar-refractivity contribution is 5.44. The van der Waals surface area contributed by atoms with Crippen LogP contribution in [-0.4, -0.2) is 0 Å². The van der Waals surface area contributed by atoms with E-state index >= 15 is 0 Å². The topological polar surface area (TPSA) is 26.0 Å². The van der Waals surface area contributed by atoms with Crippen molar-refractivity contribution in [2.45, 2.75) is 46.1 Å². The normalized spacial score (nSPS) is 14.1. The monoisotopic (exact) mass is 267 g/mol. The Labute approximate surface area is 122 Å². The maximum atomic E-state index is 6.69. The molecule has 1 atom stereocenters. The highest BCUT2D eigenvalue weighted by Gasteiger charge is 2.25. The molecular weight excluding hydrogens is 242 g/mol. The molecule has 0 heterocycles. The molecule has 1 unspecified atom stereocenters. The number of aryl methyl sites for hydroxylation is 3. The summed E-state index contributed by atoms with van der Waals surface area (Å²) in [7, 11) is 0. The van der Waals surface area contributed by atoms with Crippen LogP contribution in [0.4, 0.5) is 0 Å². The molecule has 2 N–H and O–H groups in total. The Morgan fingerprint density at radius 2 is 1.80 bits per heavy atom. The lowest BCUT2D eigenvalue weighted by Crippen LogP contribution is -2.35. The fourth-order valence-corrected chi connectivity index (χ4v) is 2.79. The van der Waals surface area contributed by atoms with Crippen molar-refractivity contribution in [2.24, 2.45) is 5.73 Å². The Morgan fingerprint density at radius 3 is 2.50 bits per heavy atom. The summed E-state index contributed by atoms with van der Waals surface area (Å²) in [6, 6.07) is 15.2. The van der Waals surface area contributed by atoms with Gasteiger partial charge in [-0.25, -0.2) is 0 Å². The number of hydrogen-bond donors (Lipinski definition) is 1. The van der Waals surface area contributed by atoms with Gasteiger partial charge >= 0.3 is 0 Å². The molecule has 0 aromatic heterocycles. The summed E-state index contributed by atoms with van der Waals surface area (Å²) in [4.78, 5) is 0. The molecule has 0 radical (unpaired) electrons. The third kappa shape index (κ3) is 2.94. The highest BCUT2D eigenvalue weighted by Crippen LogP contribution is 2.30. The molecule has 1 heteroatoms. The second kappa shape index (κ2) is 5.80. The van der Waals surface area contributed by atoms with Crippen molar-refractivity contribution in [3.8, 4) is 0 Å². The smallest absolute Gasteiger partial charge is 0.0639 e. The molecule has 0 fully saturated rings. The first-order chi connectivity index (χ1) is 9.45. The van der Waals surface area contributed by atoms with E-state index in [0.29, 0.717) is 0 Å². The molecular formula is C19H25N. The third-order valence-electron chi connectivity index (χ3n) is 4.02. The number of hydrogen-bond acceptors (Lipinski definition) is 1. The SMILES string of the molecule is CCCc1cccc(C(C)(N)c2cc(C)ccc2C)c1. The maximum absolute atomic E-state index is 6.69. The Bertz CT molecular complexity index is 596. The van der Waals surface area contributed by atoms with Gasteiger partial charge in [0.2, 0.25) is 0 Å². The van der Waals surface area contributed by atoms with Gasteiger partial charge in [0.05, 0.1) is 5.54 Å². The van der Waals surface area contributed by atoms with E-state index < -0.39 is 5.54 Å². The molecule has 2 rings (SSSR count). The fraction of sp³-hybridized carbons (Fsp3) is 0.368. The van der Waals surface area contributed by atoms with Gasteiger partial charge in [-0.15, -0.1) is 0 Å². The van der Waals surface area contributed by atoms with E-state index in [4.69, 9.17) is 5.73 Å². The molecule has 0 aliphatic heterocycles. The zero-order valence-corrected chi connectivity index (χ0v) is 13.0. The predicted molar refractivity (Wildman–Crippen MR) is 87.0 cm³/mol. The van der Waals surface area contributed by atoms with E-state index in [9.17, 15) is 0 Å². The lowest BCUT2D eigenvalue weighted by atomic mass is 9.82. The van der Waals surface area contributed by atoms with Crippen LogP contribution in [-0.2, 0) is 12.0 Å².